The molecule has 6 heteroatoms. The first-order valence-electron chi connectivity index (χ1n) is 8.00. The van der Waals surface area contributed by atoms with Crippen LogP contribution in [0, 0.1) is 0 Å². The van der Waals surface area contributed by atoms with Crippen LogP contribution in [0.4, 0.5) is 0 Å². The van der Waals surface area contributed by atoms with Crippen LogP contribution < -0.4 is 4.74 Å². The zero-order valence-corrected chi connectivity index (χ0v) is 13.9. The van der Waals surface area contributed by atoms with Crippen LogP contribution >= 0.6 is 0 Å². The molecule has 0 N–H and O–H groups in total. The Hall–Kier alpha value is -3.15. The average molecular weight is 336 g/mol. The van der Waals surface area contributed by atoms with Gasteiger partial charge >= 0.3 is 5.97 Å². The first kappa shape index (κ1) is 15.4. The van der Waals surface area contributed by atoms with E-state index in [9.17, 15) is 9.59 Å². The van der Waals surface area contributed by atoms with Crippen LogP contribution in [-0.2, 0) is 16.7 Å². The molecule has 0 bridgehead atoms. The molecule has 6 nitrogen and oxygen atoms in total. The fourth-order valence-corrected chi connectivity index (χ4v) is 3.27. The molecule has 1 aromatic heterocycles. The van der Waals surface area contributed by atoms with Crippen LogP contribution in [0.2, 0.25) is 0 Å². The molecule has 25 heavy (non-hydrogen) atoms. The van der Waals surface area contributed by atoms with Gasteiger partial charge < -0.3 is 14.1 Å². The summed E-state index contributed by atoms with van der Waals surface area (Å²) in [6, 6.07) is 11.7. The molecule has 4 rings (SSSR count). The number of oxime groups is 1. The van der Waals surface area contributed by atoms with E-state index in [-0.39, 0.29) is 17.9 Å². The number of hydrogen-bond donors (Lipinski definition) is 0. The fourth-order valence-electron chi connectivity index (χ4n) is 3.27. The van der Waals surface area contributed by atoms with Gasteiger partial charge in [-0.1, -0.05) is 23.4 Å². The lowest BCUT2D eigenvalue weighted by atomic mass is 10.0. The predicted octanol–water partition coefficient (Wildman–Crippen LogP) is 3.22. The molecule has 1 aliphatic rings. The number of nitrogens with zero attached hydrogens (tertiary/aromatic N) is 2. The van der Waals surface area contributed by atoms with Crippen molar-refractivity contribution in [1.82, 2.24) is 4.57 Å². The Morgan fingerprint density at radius 2 is 2.00 bits per heavy atom. The number of carbonyl (C=O) groups excluding carboxylic acids is 2. The van der Waals surface area contributed by atoms with Gasteiger partial charge in [-0.05, 0) is 18.2 Å². The quantitative estimate of drug-likeness (QED) is 0.505. The summed E-state index contributed by atoms with van der Waals surface area (Å²) in [4.78, 5) is 28.5. The fraction of sp³-hybridized carbons (Fsp3) is 0.211. The number of carbonyl (C=O) groups is 2. The van der Waals surface area contributed by atoms with E-state index in [2.05, 4.69) is 14.6 Å². The summed E-state index contributed by atoms with van der Waals surface area (Å²) < 4.78 is 8.02. The van der Waals surface area contributed by atoms with E-state index in [0.717, 1.165) is 21.8 Å². The summed E-state index contributed by atoms with van der Waals surface area (Å²) in [5.41, 5.74) is 2.69. The van der Waals surface area contributed by atoms with Crippen LogP contribution in [0.5, 0.6) is 5.75 Å². The molecule has 0 spiro atoms. The number of benzene rings is 2. The standard InChI is InChI=1S/C19H16N2O4/c1-11(22)25-20-14-9-10-24-19-13(18(14)23)7-8-16-17(19)12-5-3-4-6-15(12)21(16)2/h3-8H,9-10H2,1-2H3/b20-14+. The largest absolute Gasteiger partial charge is 0.492 e. The molecule has 0 saturated heterocycles. The molecule has 0 aliphatic carbocycles. The van der Waals surface area contributed by atoms with E-state index in [0.29, 0.717) is 17.9 Å². The van der Waals surface area contributed by atoms with Crippen molar-refractivity contribution in [2.24, 2.45) is 12.2 Å². The third-order valence-corrected chi connectivity index (χ3v) is 4.41. The number of rotatable bonds is 1. The molecule has 1 aliphatic heterocycles. The van der Waals surface area contributed by atoms with Crippen molar-refractivity contribution in [2.45, 2.75) is 13.3 Å². The average Bonchev–Trinajstić information content (AvgIpc) is 2.80. The number of para-hydroxylation sites is 1. The molecule has 0 fully saturated rings. The monoisotopic (exact) mass is 336 g/mol. The van der Waals surface area contributed by atoms with Crippen molar-refractivity contribution < 1.29 is 19.2 Å². The molecule has 0 unspecified atom stereocenters. The first-order chi connectivity index (χ1) is 12.1. The zero-order chi connectivity index (χ0) is 17.6. The lowest BCUT2D eigenvalue weighted by molar-refractivity contribution is -0.140. The number of ether oxygens (including phenoxy) is 1. The van der Waals surface area contributed by atoms with Crippen LogP contribution in [0.25, 0.3) is 21.8 Å². The van der Waals surface area contributed by atoms with Gasteiger partial charge in [-0.3, -0.25) is 4.79 Å². The van der Waals surface area contributed by atoms with Gasteiger partial charge in [0.05, 0.1) is 23.1 Å². The van der Waals surface area contributed by atoms with Gasteiger partial charge in [-0.2, -0.15) is 0 Å². The summed E-state index contributed by atoms with van der Waals surface area (Å²) in [6.45, 7) is 1.54. The maximum Gasteiger partial charge on any atom is 0.331 e. The van der Waals surface area contributed by atoms with E-state index in [1.807, 2.05) is 37.4 Å². The molecule has 0 radical (unpaired) electrons. The molecular formula is C19H16N2O4. The van der Waals surface area contributed by atoms with Crippen molar-refractivity contribution in [3.63, 3.8) is 0 Å². The number of ketones is 1. The van der Waals surface area contributed by atoms with Crippen LogP contribution in [0.15, 0.2) is 41.6 Å². The van der Waals surface area contributed by atoms with Crippen molar-refractivity contribution >= 4 is 39.3 Å². The van der Waals surface area contributed by atoms with Crippen LogP contribution in [-0.4, -0.2) is 28.6 Å². The number of fused-ring (bicyclic) bond motifs is 5. The summed E-state index contributed by atoms with van der Waals surface area (Å²) in [5.74, 6) is -0.272. The lowest BCUT2D eigenvalue weighted by Gasteiger charge is -2.08. The highest BCUT2D eigenvalue weighted by Gasteiger charge is 2.27. The lowest BCUT2D eigenvalue weighted by Crippen LogP contribution is -2.15. The topological polar surface area (TPSA) is 69.9 Å². The highest BCUT2D eigenvalue weighted by atomic mass is 16.7. The van der Waals surface area contributed by atoms with Gasteiger partial charge in [0, 0.05) is 31.3 Å². The normalized spacial score (nSPS) is 15.9. The molecule has 2 aromatic carbocycles. The summed E-state index contributed by atoms with van der Waals surface area (Å²) in [7, 11) is 1.99. The van der Waals surface area contributed by atoms with Crippen LogP contribution in [0.3, 0.4) is 0 Å². The summed E-state index contributed by atoms with van der Waals surface area (Å²) >= 11 is 0. The molecule has 0 saturated carbocycles. The molecular weight excluding hydrogens is 320 g/mol. The Morgan fingerprint density at radius 3 is 2.80 bits per heavy atom. The zero-order valence-electron chi connectivity index (χ0n) is 13.9. The smallest absolute Gasteiger partial charge is 0.331 e. The van der Waals surface area contributed by atoms with Crippen molar-refractivity contribution in [1.29, 1.82) is 0 Å². The van der Waals surface area contributed by atoms with Gasteiger partial charge in [0.2, 0.25) is 5.78 Å². The SMILES string of the molecule is CC(=O)O/N=C1\CCOc2c(ccc3c2c2ccccc2n3C)C1=O. The van der Waals surface area contributed by atoms with Gasteiger partial charge in [0.1, 0.15) is 11.5 Å². The Kier molecular flexibility index (Phi) is 3.53. The third kappa shape index (κ3) is 2.38. The van der Waals surface area contributed by atoms with Crippen molar-refractivity contribution in [3.8, 4) is 5.75 Å². The molecule has 3 aromatic rings. The second kappa shape index (κ2) is 5.73. The number of aryl methyl sites for hydroxylation is 1. The Bertz CT molecular complexity index is 1060. The highest BCUT2D eigenvalue weighted by Crippen LogP contribution is 2.38. The first-order valence-corrected chi connectivity index (χ1v) is 8.00. The van der Waals surface area contributed by atoms with E-state index >= 15 is 0 Å². The van der Waals surface area contributed by atoms with E-state index in [1.165, 1.54) is 6.92 Å². The third-order valence-electron chi connectivity index (χ3n) is 4.41. The molecule has 0 atom stereocenters. The summed E-state index contributed by atoms with van der Waals surface area (Å²) in [5, 5.41) is 5.65. The second-order valence-corrected chi connectivity index (χ2v) is 5.96. The van der Waals surface area contributed by atoms with E-state index in [1.54, 1.807) is 6.07 Å². The van der Waals surface area contributed by atoms with Gasteiger partial charge in [-0.15, -0.1) is 0 Å². The minimum atomic E-state index is -0.560. The maximum absolute atomic E-state index is 12.8. The Balaban J connectivity index is 1.96. The van der Waals surface area contributed by atoms with E-state index < -0.39 is 5.97 Å². The maximum atomic E-state index is 12.8. The van der Waals surface area contributed by atoms with Gasteiger partial charge in [-0.25, -0.2) is 4.79 Å². The predicted molar refractivity (Wildman–Crippen MR) is 94.1 cm³/mol. The molecule has 126 valence electrons. The highest BCUT2D eigenvalue weighted by molar-refractivity contribution is 6.47. The number of hydrogen-bond acceptors (Lipinski definition) is 5. The van der Waals surface area contributed by atoms with Gasteiger partial charge in [0.25, 0.3) is 0 Å². The molecule has 0 amide bonds. The summed E-state index contributed by atoms with van der Waals surface area (Å²) in [6.07, 6.45) is 0.285. The Morgan fingerprint density at radius 1 is 1.20 bits per heavy atom. The number of aromatic nitrogens is 1. The minimum Gasteiger partial charge on any atom is -0.492 e. The minimum absolute atomic E-state index is 0.188. The van der Waals surface area contributed by atoms with E-state index in [4.69, 9.17) is 4.74 Å². The Labute approximate surface area is 143 Å². The van der Waals surface area contributed by atoms with Crippen molar-refractivity contribution in [3.05, 3.63) is 42.0 Å². The van der Waals surface area contributed by atoms with Gasteiger partial charge in [0.15, 0.2) is 0 Å². The molecule has 2 heterocycles. The second-order valence-electron chi connectivity index (χ2n) is 5.96. The number of Topliss-reactive ketones (excluding diaryl/α,β-unsaturated/α-hetero) is 1. The van der Waals surface area contributed by atoms with Crippen molar-refractivity contribution in [2.75, 3.05) is 6.61 Å². The van der Waals surface area contributed by atoms with Crippen LogP contribution in [0.1, 0.15) is 23.7 Å².